The Kier molecular flexibility index (Phi) is 6.60. The molecule has 25 heavy (non-hydrogen) atoms. The van der Waals surface area contributed by atoms with Gasteiger partial charge in [0, 0.05) is 43.2 Å². The van der Waals surface area contributed by atoms with E-state index < -0.39 is 0 Å². The van der Waals surface area contributed by atoms with Crippen LogP contribution in [0.4, 0.5) is 11.4 Å². The van der Waals surface area contributed by atoms with Crippen LogP contribution in [0.1, 0.15) is 23.6 Å². The highest BCUT2D eigenvalue weighted by molar-refractivity contribution is 5.84. The van der Waals surface area contributed by atoms with Crippen molar-refractivity contribution in [3.05, 3.63) is 65.7 Å². The predicted octanol–water partition coefficient (Wildman–Crippen LogP) is 3.64. The Hall–Kier alpha value is -2.79. The zero-order valence-electron chi connectivity index (χ0n) is 15.1. The van der Waals surface area contributed by atoms with E-state index in [2.05, 4.69) is 22.2 Å². The number of anilines is 1. The Labute approximate surface area is 149 Å². The van der Waals surface area contributed by atoms with Crippen LogP contribution in [0.25, 0.3) is 5.70 Å². The first-order chi connectivity index (χ1) is 12.1. The SMILES string of the molecule is C=C(NC)c1cccc(CNc2ccccc2COC)c1N=C(C)N. The largest absolute Gasteiger partial charge is 0.388 e. The fraction of sp³-hybridized carbons (Fsp3) is 0.250. The van der Waals surface area contributed by atoms with Crippen LogP contribution >= 0.6 is 0 Å². The van der Waals surface area contributed by atoms with E-state index in [1.165, 1.54) is 0 Å². The summed E-state index contributed by atoms with van der Waals surface area (Å²) in [6, 6.07) is 14.1. The van der Waals surface area contributed by atoms with Crippen molar-refractivity contribution in [1.82, 2.24) is 5.32 Å². The van der Waals surface area contributed by atoms with Gasteiger partial charge in [-0.05, 0) is 18.6 Å². The molecule has 132 valence electrons. The van der Waals surface area contributed by atoms with E-state index in [-0.39, 0.29) is 0 Å². The van der Waals surface area contributed by atoms with Gasteiger partial charge in [0.15, 0.2) is 0 Å². The minimum absolute atomic E-state index is 0.511. The Bertz CT molecular complexity index is 764. The molecule has 0 aliphatic carbocycles. The molecule has 0 heterocycles. The molecule has 0 aliphatic heterocycles. The maximum Gasteiger partial charge on any atom is 0.0965 e. The van der Waals surface area contributed by atoms with Gasteiger partial charge in [0.05, 0.1) is 18.1 Å². The van der Waals surface area contributed by atoms with Crippen molar-refractivity contribution in [2.75, 3.05) is 19.5 Å². The highest BCUT2D eigenvalue weighted by Gasteiger charge is 2.11. The van der Waals surface area contributed by atoms with Crippen LogP contribution < -0.4 is 16.4 Å². The molecule has 0 radical (unpaired) electrons. The van der Waals surface area contributed by atoms with Crippen LogP contribution in [0.2, 0.25) is 0 Å². The molecule has 0 amide bonds. The zero-order valence-corrected chi connectivity index (χ0v) is 15.1. The molecular formula is C20H26N4O. The first-order valence-corrected chi connectivity index (χ1v) is 8.17. The number of hydrogen-bond acceptors (Lipinski definition) is 4. The summed E-state index contributed by atoms with van der Waals surface area (Å²) in [4.78, 5) is 4.53. The quantitative estimate of drug-likeness (QED) is 0.507. The average molecular weight is 338 g/mol. The molecule has 0 saturated carbocycles. The zero-order chi connectivity index (χ0) is 18.2. The van der Waals surface area contributed by atoms with Gasteiger partial charge >= 0.3 is 0 Å². The maximum absolute atomic E-state index is 5.84. The van der Waals surface area contributed by atoms with E-state index in [0.29, 0.717) is 19.0 Å². The summed E-state index contributed by atoms with van der Waals surface area (Å²) in [5, 5.41) is 6.55. The van der Waals surface area contributed by atoms with Gasteiger partial charge in [-0.25, -0.2) is 4.99 Å². The van der Waals surface area contributed by atoms with Crippen molar-refractivity contribution >= 4 is 22.9 Å². The van der Waals surface area contributed by atoms with Crippen LogP contribution in [0.15, 0.2) is 54.0 Å². The molecule has 0 atom stereocenters. The molecular weight excluding hydrogens is 312 g/mol. The Morgan fingerprint density at radius 2 is 1.88 bits per heavy atom. The monoisotopic (exact) mass is 338 g/mol. The Balaban J connectivity index is 2.34. The molecule has 4 N–H and O–H groups in total. The van der Waals surface area contributed by atoms with Gasteiger partial charge in [0.25, 0.3) is 0 Å². The molecule has 0 fully saturated rings. The topological polar surface area (TPSA) is 71.7 Å². The van der Waals surface area contributed by atoms with E-state index >= 15 is 0 Å². The Morgan fingerprint density at radius 1 is 1.16 bits per heavy atom. The van der Waals surface area contributed by atoms with Gasteiger partial charge in [-0.3, -0.25) is 0 Å². The summed E-state index contributed by atoms with van der Waals surface area (Å²) in [5.74, 6) is 0.511. The molecule has 0 saturated heterocycles. The van der Waals surface area contributed by atoms with Gasteiger partial charge in [0.2, 0.25) is 0 Å². The number of nitrogens with two attached hydrogens (primary N) is 1. The summed E-state index contributed by atoms with van der Waals surface area (Å²) in [5.41, 5.74) is 11.6. The lowest BCUT2D eigenvalue weighted by Gasteiger charge is -2.16. The fourth-order valence-electron chi connectivity index (χ4n) is 2.59. The molecule has 0 spiro atoms. The number of hydrogen-bond donors (Lipinski definition) is 3. The third kappa shape index (κ3) is 4.84. The molecule has 2 aromatic carbocycles. The van der Waals surface area contributed by atoms with Gasteiger partial charge in [-0.2, -0.15) is 0 Å². The Morgan fingerprint density at radius 3 is 2.56 bits per heavy atom. The highest BCUT2D eigenvalue weighted by Crippen LogP contribution is 2.29. The average Bonchev–Trinajstić information content (AvgIpc) is 2.61. The molecule has 0 bridgehead atoms. The van der Waals surface area contributed by atoms with Crippen molar-refractivity contribution in [1.29, 1.82) is 0 Å². The van der Waals surface area contributed by atoms with Crippen LogP contribution in [-0.2, 0) is 17.9 Å². The standard InChI is InChI=1S/C20H26N4O/c1-14(22-3)18-10-7-9-16(20(18)24-15(2)21)12-23-19-11-6-5-8-17(19)13-25-4/h5-11,22-23H,1,12-13H2,2-4H3,(H2,21,24). The number of benzene rings is 2. The number of amidine groups is 1. The smallest absolute Gasteiger partial charge is 0.0965 e. The molecule has 2 rings (SSSR count). The van der Waals surface area contributed by atoms with E-state index in [4.69, 9.17) is 10.5 Å². The number of aliphatic imine (C=N–C) groups is 1. The van der Waals surface area contributed by atoms with Crippen molar-refractivity contribution < 1.29 is 4.74 Å². The maximum atomic E-state index is 5.84. The second-order valence-electron chi connectivity index (χ2n) is 5.74. The second kappa shape index (κ2) is 8.89. The van der Waals surface area contributed by atoms with Gasteiger partial charge in [-0.1, -0.05) is 43.0 Å². The molecule has 0 aromatic heterocycles. The summed E-state index contributed by atoms with van der Waals surface area (Å²) in [6.45, 7) is 7.02. The number of nitrogens with one attached hydrogen (secondary N) is 2. The van der Waals surface area contributed by atoms with Crippen molar-refractivity contribution in [2.45, 2.75) is 20.1 Å². The molecule has 2 aromatic rings. The highest BCUT2D eigenvalue weighted by atomic mass is 16.5. The number of para-hydroxylation sites is 2. The number of rotatable bonds is 8. The van der Waals surface area contributed by atoms with E-state index in [1.807, 2.05) is 49.5 Å². The summed E-state index contributed by atoms with van der Waals surface area (Å²) >= 11 is 0. The van der Waals surface area contributed by atoms with Crippen molar-refractivity contribution in [2.24, 2.45) is 10.7 Å². The molecule has 0 aliphatic rings. The lowest BCUT2D eigenvalue weighted by atomic mass is 10.0. The third-order valence-electron chi connectivity index (χ3n) is 3.82. The van der Waals surface area contributed by atoms with Crippen LogP contribution in [-0.4, -0.2) is 20.0 Å². The summed E-state index contributed by atoms with van der Waals surface area (Å²) in [7, 11) is 3.54. The normalized spacial score (nSPS) is 11.2. The minimum atomic E-state index is 0.511. The third-order valence-corrected chi connectivity index (χ3v) is 3.82. The molecule has 5 heteroatoms. The van der Waals surface area contributed by atoms with Gasteiger partial charge < -0.3 is 21.1 Å². The lowest BCUT2D eigenvalue weighted by molar-refractivity contribution is 0.185. The van der Waals surface area contributed by atoms with Crippen LogP contribution in [0.3, 0.4) is 0 Å². The van der Waals surface area contributed by atoms with E-state index in [1.54, 1.807) is 14.0 Å². The van der Waals surface area contributed by atoms with Crippen LogP contribution in [0, 0.1) is 0 Å². The predicted molar refractivity (Wildman–Crippen MR) is 106 cm³/mol. The van der Waals surface area contributed by atoms with Crippen LogP contribution in [0.5, 0.6) is 0 Å². The van der Waals surface area contributed by atoms with E-state index in [9.17, 15) is 0 Å². The van der Waals surface area contributed by atoms with Gasteiger partial charge in [0.1, 0.15) is 0 Å². The first-order valence-electron chi connectivity index (χ1n) is 8.17. The first kappa shape index (κ1) is 18.5. The molecule has 5 nitrogen and oxygen atoms in total. The lowest BCUT2D eigenvalue weighted by Crippen LogP contribution is -2.09. The molecule has 0 unspecified atom stereocenters. The number of nitrogens with zero attached hydrogens (tertiary/aromatic N) is 1. The van der Waals surface area contributed by atoms with Crippen molar-refractivity contribution in [3.63, 3.8) is 0 Å². The fourth-order valence-corrected chi connectivity index (χ4v) is 2.59. The minimum Gasteiger partial charge on any atom is -0.388 e. The van der Waals surface area contributed by atoms with E-state index in [0.717, 1.165) is 33.8 Å². The summed E-state index contributed by atoms with van der Waals surface area (Å²) in [6.07, 6.45) is 0. The van der Waals surface area contributed by atoms with Gasteiger partial charge in [-0.15, -0.1) is 0 Å². The second-order valence-corrected chi connectivity index (χ2v) is 5.74. The summed E-state index contributed by atoms with van der Waals surface area (Å²) < 4.78 is 5.26. The van der Waals surface area contributed by atoms with Crippen molar-refractivity contribution in [3.8, 4) is 0 Å². The number of ether oxygens (including phenoxy) is 1. The number of methoxy groups -OCH3 is 1.